The zero-order valence-corrected chi connectivity index (χ0v) is 11.6. The van der Waals surface area contributed by atoms with Gasteiger partial charge in [0.25, 0.3) is 0 Å². The topological polar surface area (TPSA) is 81.4 Å². The van der Waals surface area contributed by atoms with Gasteiger partial charge >= 0.3 is 6.09 Å². The van der Waals surface area contributed by atoms with Gasteiger partial charge in [0, 0.05) is 1.37 Å². The van der Waals surface area contributed by atoms with Crippen LogP contribution in [0.25, 0.3) is 0 Å². The summed E-state index contributed by atoms with van der Waals surface area (Å²) in [5, 5.41) is 2.49. The van der Waals surface area contributed by atoms with Gasteiger partial charge in [0.05, 0.1) is 0 Å². The number of alkyl carbamates (subject to hydrolysis) is 1. The van der Waals surface area contributed by atoms with Gasteiger partial charge in [-0.3, -0.25) is 4.79 Å². The Morgan fingerprint density at radius 3 is 2.47 bits per heavy atom. The van der Waals surface area contributed by atoms with Crippen molar-refractivity contribution in [2.75, 3.05) is 12.0 Å². The minimum atomic E-state index is -1.13. The van der Waals surface area contributed by atoms with Crippen molar-refractivity contribution in [2.24, 2.45) is 5.73 Å². The fraction of sp³-hybridized carbons (Fsp3) is 0.818. The first kappa shape index (κ1) is 14.2. The van der Waals surface area contributed by atoms with Crippen LogP contribution in [-0.4, -0.2) is 35.1 Å². The SMILES string of the molecule is [2H]CC(C)(C)OC(=O)N[C@@](C)(CCSC)C(N)=O. The molecule has 0 aliphatic carbocycles. The molecule has 0 spiro atoms. The summed E-state index contributed by atoms with van der Waals surface area (Å²) in [6.45, 7) is 4.77. The van der Waals surface area contributed by atoms with E-state index in [2.05, 4.69) is 5.32 Å². The number of rotatable bonds is 5. The van der Waals surface area contributed by atoms with Crippen molar-refractivity contribution in [1.29, 1.82) is 0 Å². The van der Waals surface area contributed by atoms with Gasteiger partial charge in [-0.2, -0.15) is 11.8 Å². The third kappa shape index (κ3) is 6.41. The Labute approximate surface area is 108 Å². The molecule has 0 aromatic heterocycles. The highest BCUT2D eigenvalue weighted by molar-refractivity contribution is 7.98. The number of amides is 2. The van der Waals surface area contributed by atoms with E-state index in [1.54, 1.807) is 32.5 Å². The molecule has 100 valence electrons. The Morgan fingerprint density at radius 1 is 1.47 bits per heavy atom. The highest BCUT2D eigenvalue weighted by Gasteiger charge is 2.33. The molecular formula is C11H22N2O3S. The van der Waals surface area contributed by atoms with Crippen molar-refractivity contribution >= 4 is 23.8 Å². The lowest BCUT2D eigenvalue weighted by Crippen LogP contribution is -2.56. The third-order valence-corrected chi connectivity index (χ3v) is 2.71. The molecule has 0 unspecified atom stereocenters. The van der Waals surface area contributed by atoms with Crippen molar-refractivity contribution in [3.05, 3.63) is 0 Å². The molecular weight excluding hydrogens is 240 g/mol. The number of hydrogen-bond donors (Lipinski definition) is 2. The Hall–Kier alpha value is -0.910. The van der Waals surface area contributed by atoms with Crippen LogP contribution in [0.15, 0.2) is 0 Å². The van der Waals surface area contributed by atoms with E-state index in [1.807, 2.05) is 6.26 Å². The molecule has 0 bridgehead atoms. The van der Waals surface area contributed by atoms with Gasteiger partial charge in [0.2, 0.25) is 5.91 Å². The summed E-state index contributed by atoms with van der Waals surface area (Å²) >= 11 is 1.56. The molecule has 1 atom stereocenters. The fourth-order valence-electron chi connectivity index (χ4n) is 1.06. The number of nitrogens with one attached hydrogen (secondary N) is 1. The number of carbonyl (C=O) groups excluding carboxylic acids is 2. The molecule has 0 saturated carbocycles. The van der Waals surface area contributed by atoms with Crippen molar-refractivity contribution < 1.29 is 15.7 Å². The monoisotopic (exact) mass is 263 g/mol. The lowest BCUT2D eigenvalue weighted by Gasteiger charge is -2.29. The number of carbonyl (C=O) groups is 2. The number of primary amides is 1. The first-order chi connectivity index (χ1) is 8.17. The fourth-order valence-corrected chi connectivity index (χ4v) is 1.67. The first-order valence-electron chi connectivity index (χ1n) is 5.97. The minimum absolute atomic E-state index is 0.0570. The van der Waals surface area contributed by atoms with Gasteiger partial charge in [-0.25, -0.2) is 4.79 Å². The average Bonchev–Trinajstić information content (AvgIpc) is 2.25. The molecule has 0 aromatic carbocycles. The summed E-state index contributed by atoms with van der Waals surface area (Å²) in [5.74, 6) is 0.0962. The lowest BCUT2D eigenvalue weighted by molar-refractivity contribution is -0.123. The Bertz CT molecular complexity index is 313. The number of hydrogen-bond acceptors (Lipinski definition) is 4. The second-order valence-corrected chi connectivity index (χ2v) is 5.70. The molecule has 0 heterocycles. The molecule has 5 nitrogen and oxygen atoms in total. The van der Waals surface area contributed by atoms with Gasteiger partial charge in [-0.15, -0.1) is 0 Å². The van der Waals surface area contributed by atoms with Crippen LogP contribution in [0.4, 0.5) is 4.79 Å². The normalized spacial score (nSPS) is 15.6. The van der Waals surface area contributed by atoms with Crippen molar-refractivity contribution in [3.8, 4) is 0 Å². The van der Waals surface area contributed by atoms with Crippen LogP contribution in [0.2, 0.25) is 0 Å². The maximum absolute atomic E-state index is 11.7. The van der Waals surface area contributed by atoms with Crippen molar-refractivity contribution in [3.63, 3.8) is 0 Å². The quantitative estimate of drug-likeness (QED) is 0.787. The molecule has 0 radical (unpaired) electrons. The maximum Gasteiger partial charge on any atom is 0.408 e. The number of nitrogens with two attached hydrogens (primary N) is 1. The smallest absolute Gasteiger partial charge is 0.408 e. The van der Waals surface area contributed by atoms with E-state index < -0.39 is 23.1 Å². The van der Waals surface area contributed by atoms with E-state index in [-0.39, 0.29) is 6.90 Å². The predicted octanol–water partition coefficient (Wildman–Crippen LogP) is 1.51. The summed E-state index contributed by atoms with van der Waals surface area (Å²) in [7, 11) is 0. The zero-order chi connectivity index (χ0) is 14.4. The number of ether oxygens (including phenoxy) is 1. The van der Waals surface area contributed by atoms with E-state index in [4.69, 9.17) is 11.8 Å². The highest BCUT2D eigenvalue weighted by Crippen LogP contribution is 2.14. The van der Waals surface area contributed by atoms with Crippen molar-refractivity contribution in [2.45, 2.75) is 45.2 Å². The van der Waals surface area contributed by atoms with Gasteiger partial charge in [0.15, 0.2) is 0 Å². The minimum Gasteiger partial charge on any atom is -0.444 e. The second kappa shape index (κ2) is 6.14. The summed E-state index contributed by atoms with van der Waals surface area (Å²) in [6.07, 6.45) is 1.61. The Balaban J connectivity index is 4.60. The van der Waals surface area contributed by atoms with E-state index in [0.717, 1.165) is 0 Å². The number of thioether (sulfide) groups is 1. The van der Waals surface area contributed by atoms with Crippen LogP contribution in [0.5, 0.6) is 0 Å². The van der Waals surface area contributed by atoms with E-state index in [1.165, 1.54) is 0 Å². The average molecular weight is 263 g/mol. The van der Waals surface area contributed by atoms with Gasteiger partial charge in [0.1, 0.15) is 11.1 Å². The predicted molar refractivity (Wildman–Crippen MR) is 70.0 cm³/mol. The van der Waals surface area contributed by atoms with Crippen LogP contribution >= 0.6 is 11.8 Å². The van der Waals surface area contributed by atoms with Crippen molar-refractivity contribution in [1.82, 2.24) is 5.32 Å². The van der Waals surface area contributed by atoms with Crippen LogP contribution in [0.1, 0.15) is 35.5 Å². The molecule has 0 aliphatic rings. The summed E-state index contributed by atoms with van der Waals surface area (Å²) in [6, 6.07) is 0. The molecule has 2 amide bonds. The molecule has 17 heavy (non-hydrogen) atoms. The molecule has 0 saturated heterocycles. The third-order valence-electron chi connectivity index (χ3n) is 2.10. The van der Waals surface area contributed by atoms with Gasteiger partial charge < -0.3 is 15.8 Å². The largest absolute Gasteiger partial charge is 0.444 e. The Morgan fingerprint density at radius 2 is 2.06 bits per heavy atom. The molecule has 3 N–H and O–H groups in total. The van der Waals surface area contributed by atoms with Crippen LogP contribution < -0.4 is 11.1 Å². The van der Waals surface area contributed by atoms with Crippen LogP contribution in [-0.2, 0) is 9.53 Å². The van der Waals surface area contributed by atoms with E-state index in [0.29, 0.717) is 12.2 Å². The summed E-state index contributed by atoms with van der Waals surface area (Å²) in [5.41, 5.74) is 3.29. The zero-order valence-electron chi connectivity index (χ0n) is 11.8. The molecule has 6 heteroatoms. The Kier molecular flexibility index (Phi) is 5.11. The highest BCUT2D eigenvalue weighted by atomic mass is 32.2. The standard InChI is InChI=1S/C11H22N2O3S/c1-10(2,3)16-9(15)13-11(4,8(12)14)6-7-17-5/h6-7H2,1-5H3,(H2,12,14)(H,13,15)/t11-/m0/s1/i1D. The summed E-state index contributed by atoms with van der Waals surface area (Å²) in [4.78, 5) is 23.1. The van der Waals surface area contributed by atoms with Gasteiger partial charge in [-0.1, -0.05) is 0 Å². The van der Waals surface area contributed by atoms with E-state index in [9.17, 15) is 9.59 Å². The van der Waals surface area contributed by atoms with E-state index >= 15 is 0 Å². The molecule has 0 fully saturated rings. The lowest BCUT2D eigenvalue weighted by atomic mass is 9.98. The molecule has 0 aromatic rings. The molecule has 0 rings (SSSR count). The van der Waals surface area contributed by atoms with Crippen LogP contribution in [0, 0.1) is 0 Å². The molecule has 0 aliphatic heterocycles. The van der Waals surface area contributed by atoms with Crippen LogP contribution in [0.3, 0.4) is 0 Å². The summed E-state index contributed by atoms with van der Waals surface area (Å²) < 4.78 is 12.3. The first-order valence-corrected chi connectivity index (χ1v) is 6.65. The van der Waals surface area contributed by atoms with Gasteiger partial charge in [-0.05, 0) is 46.1 Å². The maximum atomic E-state index is 11.7. The second-order valence-electron chi connectivity index (χ2n) is 4.71.